The average Bonchev–Trinajstić information content (AvgIpc) is 2.79. The molecular weight excluding hydrogens is 273 g/mol. The fraction of sp³-hybridized carbons (Fsp3) is 0.500. The Labute approximate surface area is 133 Å². The van der Waals surface area contributed by atoms with Crippen molar-refractivity contribution in [3.63, 3.8) is 0 Å². The van der Waals surface area contributed by atoms with E-state index < -0.39 is 0 Å². The number of benzene rings is 1. The summed E-state index contributed by atoms with van der Waals surface area (Å²) in [4.78, 5) is 4.72. The van der Waals surface area contributed by atoms with Crippen LogP contribution in [-0.2, 0) is 9.31 Å². The molecule has 4 heteroatoms. The van der Waals surface area contributed by atoms with Crippen molar-refractivity contribution in [1.82, 2.24) is 0 Å². The monoisotopic (exact) mass is 297 g/mol. The van der Waals surface area contributed by atoms with E-state index in [0.717, 1.165) is 17.7 Å². The Morgan fingerprint density at radius 3 is 2.45 bits per heavy atom. The van der Waals surface area contributed by atoms with E-state index in [2.05, 4.69) is 52.0 Å². The van der Waals surface area contributed by atoms with Gasteiger partial charge in [0.15, 0.2) is 0 Å². The molecule has 1 aromatic carbocycles. The van der Waals surface area contributed by atoms with E-state index in [1.54, 1.807) is 0 Å². The minimum atomic E-state index is -0.274. The van der Waals surface area contributed by atoms with Crippen LogP contribution in [0.5, 0.6) is 0 Å². The zero-order valence-electron chi connectivity index (χ0n) is 13.9. The largest absolute Gasteiger partial charge is 0.467 e. The highest BCUT2D eigenvalue weighted by Gasteiger charge is 2.54. The van der Waals surface area contributed by atoms with Gasteiger partial charge in [0.05, 0.1) is 16.9 Å². The van der Waals surface area contributed by atoms with Crippen molar-refractivity contribution in [3.8, 4) is 0 Å². The third-order valence-corrected chi connectivity index (χ3v) is 5.13. The smallest absolute Gasteiger partial charge is 0.403 e. The first-order valence-corrected chi connectivity index (χ1v) is 8.09. The molecule has 2 aliphatic rings. The Kier molecular flexibility index (Phi) is 4.00. The van der Waals surface area contributed by atoms with Crippen LogP contribution in [0.3, 0.4) is 0 Å². The Hall–Kier alpha value is -1.39. The number of allylic oxidation sites excluding steroid dienone is 1. The van der Waals surface area contributed by atoms with Gasteiger partial charge in [0, 0.05) is 12.4 Å². The van der Waals surface area contributed by atoms with Crippen molar-refractivity contribution in [3.05, 3.63) is 48.0 Å². The SMILES string of the molecule is CCC1(C)OB(C2C=CC(c3ccccc3)=NC2)OC1(C)C. The normalized spacial score (nSPS) is 30.5. The maximum Gasteiger partial charge on any atom is 0.467 e. The van der Waals surface area contributed by atoms with Gasteiger partial charge in [-0.3, -0.25) is 4.99 Å². The van der Waals surface area contributed by atoms with E-state index in [4.69, 9.17) is 14.3 Å². The molecule has 3 nitrogen and oxygen atoms in total. The van der Waals surface area contributed by atoms with E-state index in [1.807, 2.05) is 18.2 Å². The van der Waals surface area contributed by atoms with Crippen molar-refractivity contribution in [1.29, 1.82) is 0 Å². The molecule has 0 N–H and O–H groups in total. The molecule has 0 spiro atoms. The Morgan fingerprint density at radius 2 is 1.91 bits per heavy atom. The zero-order valence-corrected chi connectivity index (χ0v) is 13.9. The molecule has 22 heavy (non-hydrogen) atoms. The van der Waals surface area contributed by atoms with Crippen LogP contribution in [0.25, 0.3) is 0 Å². The van der Waals surface area contributed by atoms with Gasteiger partial charge in [0.25, 0.3) is 0 Å². The fourth-order valence-electron chi connectivity index (χ4n) is 3.03. The predicted molar refractivity (Wildman–Crippen MR) is 91.4 cm³/mol. The van der Waals surface area contributed by atoms with Gasteiger partial charge >= 0.3 is 7.12 Å². The average molecular weight is 297 g/mol. The van der Waals surface area contributed by atoms with Crippen LogP contribution < -0.4 is 0 Å². The molecule has 2 unspecified atom stereocenters. The second-order valence-corrected chi connectivity index (χ2v) is 6.81. The van der Waals surface area contributed by atoms with Crippen molar-refractivity contribution < 1.29 is 9.31 Å². The first-order chi connectivity index (χ1) is 10.5. The maximum absolute atomic E-state index is 6.25. The van der Waals surface area contributed by atoms with Gasteiger partial charge < -0.3 is 9.31 Å². The molecule has 2 atom stereocenters. The lowest BCUT2D eigenvalue weighted by molar-refractivity contribution is -0.0119. The Bertz CT molecular complexity index is 596. The zero-order chi connectivity index (χ0) is 15.8. The van der Waals surface area contributed by atoms with Crippen LogP contribution in [0.4, 0.5) is 0 Å². The van der Waals surface area contributed by atoms with Crippen LogP contribution in [-0.4, -0.2) is 30.6 Å². The van der Waals surface area contributed by atoms with E-state index in [9.17, 15) is 0 Å². The molecule has 1 aromatic rings. The molecular formula is C18H24BNO2. The first-order valence-electron chi connectivity index (χ1n) is 8.09. The highest BCUT2D eigenvalue weighted by molar-refractivity contribution is 6.48. The molecule has 2 aliphatic heterocycles. The molecule has 1 saturated heterocycles. The maximum atomic E-state index is 6.25. The number of hydrogen-bond donors (Lipinski definition) is 0. The van der Waals surface area contributed by atoms with E-state index in [1.165, 1.54) is 0 Å². The number of nitrogens with zero attached hydrogens (tertiary/aromatic N) is 1. The summed E-state index contributed by atoms with van der Waals surface area (Å²) in [6, 6.07) is 10.3. The van der Waals surface area contributed by atoms with Crippen LogP contribution >= 0.6 is 0 Å². The van der Waals surface area contributed by atoms with Gasteiger partial charge in [-0.2, -0.15) is 0 Å². The number of rotatable bonds is 3. The van der Waals surface area contributed by atoms with E-state index in [-0.39, 0.29) is 24.1 Å². The molecule has 116 valence electrons. The predicted octanol–water partition coefficient (Wildman–Crippen LogP) is 3.90. The lowest BCUT2D eigenvalue weighted by Crippen LogP contribution is -2.44. The van der Waals surface area contributed by atoms with Gasteiger partial charge in [-0.1, -0.05) is 43.3 Å². The molecule has 0 bridgehead atoms. The van der Waals surface area contributed by atoms with E-state index >= 15 is 0 Å². The van der Waals surface area contributed by atoms with Crippen LogP contribution in [0, 0.1) is 0 Å². The van der Waals surface area contributed by atoms with Gasteiger partial charge in [-0.25, -0.2) is 0 Å². The third kappa shape index (κ3) is 2.66. The summed E-state index contributed by atoms with van der Waals surface area (Å²) in [5.74, 6) is 0.181. The van der Waals surface area contributed by atoms with E-state index in [0.29, 0.717) is 6.54 Å². The van der Waals surface area contributed by atoms with Crippen molar-refractivity contribution in [2.75, 3.05) is 6.54 Å². The first kappa shape index (κ1) is 15.5. The van der Waals surface area contributed by atoms with Crippen LogP contribution in [0.15, 0.2) is 47.5 Å². The molecule has 0 amide bonds. The summed E-state index contributed by atoms with van der Waals surface area (Å²) in [6.07, 6.45) is 5.20. The molecule has 0 aliphatic carbocycles. The molecule has 3 rings (SSSR count). The van der Waals surface area contributed by atoms with Gasteiger partial charge in [-0.05, 0) is 38.8 Å². The summed E-state index contributed by atoms with van der Waals surface area (Å²) in [7, 11) is -0.211. The van der Waals surface area contributed by atoms with Crippen LogP contribution in [0.2, 0.25) is 5.82 Å². The Morgan fingerprint density at radius 1 is 1.18 bits per heavy atom. The van der Waals surface area contributed by atoms with Crippen molar-refractivity contribution >= 4 is 12.8 Å². The fourth-order valence-corrected chi connectivity index (χ4v) is 3.03. The van der Waals surface area contributed by atoms with Crippen LogP contribution in [0.1, 0.15) is 39.7 Å². The van der Waals surface area contributed by atoms with Gasteiger partial charge in [-0.15, -0.1) is 0 Å². The molecule has 0 radical (unpaired) electrons. The second-order valence-electron chi connectivity index (χ2n) is 6.81. The minimum absolute atomic E-state index is 0.181. The summed E-state index contributed by atoms with van der Waals surface area (Å²) in [6.45, 7) is 9.22. The second kappa shape index (κ2) is 5.67. The number of aliphatic imine (C=N–C) groups is 1. The molecule has 0 saturated carbocycles. The standard InChI is InChI=1S/C18H24BNO2/c1-5-18(4)17(2,3)21-19(22-18)15-11-12-16(20-13-15)14-9-7-6-8-10-14/h6-12,15H,5,13H2,1-4H3. The molecule has 2 heterocycles. The topological polar surface area (TPSA) is 30.8 Å². The van der Waals surface area contributed by atoms with Crippen molar-refractivity contribution in [2.24, 2.45) is 4.99 Å². The number of hydrogen-bond acceptors (Lipinski definition) is 3. The van der Waals surface area contributed by atoms with Crippen molar-refractivity contribution in [2.45, 2.75) is 51.1 Å². The Balaban J connectivity index is 1.71. The molecule has 0 aromatic heterocycles. The van der Waals surface area contributed by atoms with Gasteiger partial charge in [0.2, 0.25) is 0 Å². The van der Waals surface area contributed by atoms with Gasteiger partial charge in [0.1, 0.15) is 0 Å². The summed E-state index contributed by atoms with van der Waals surface area (Å²) in [5, 5.41) is 0. The number of dihydropyridines is 1. The highest BCUT2D eigenvalue weighted by Crippen LogP contribution is 2.43. The lowest BCUT2D eigenvalue weighted by Gasteiger charge is -2.35. The minimum Gasteiger partial charge on any atom is -0.403 e. The third-order valence-electron chi connectivity index (χ3n) is 5.13. The quantitative estimate of drug-likeness (QED) is 0.792. The summed E-state index contributed by atoms with van der Waals surface area (Å²) < 4.78 is 12.4. The highest BCUT2D eigenvalue weighted by atomic mass is 16.7. The lowest BCUT2D eigenvalue weighted by atomic mass is 9.70. The summed E-state index contributed by atoms with van der Waals surface area (Å²) in [5.41, 5.74) is 1.68. The summed E-state index contributed by atoms with van der Waals surface area (Å²) >= 11 is 0. The molecule has 1 fully saturated rings.